The van der Waals surface area contributed by atoms with Crippen molar-refractivity contribution in [3.05, 3.63) is 57.8 Å². The first-order valence-electron chi connectivity index (χ1n) is 6.51. The minimum Gasteiger partial charge on any atom is -0.492 e. The number of amides is 1. The fourth-order valence-corrected chi connectivity index (χ4v) is 2.43. The van der Waals surface area contributed by atoms with Crippen LogP contribution in [0.15, 0.2) is 40.9 Å². The summed E-state index contributed by atoms with van der Waals surface area (Å²) in [4.78, 5) is 12.3. The molecule has 0 aliphatic rings. The van der Waals surface area contributed by atoms with E-state index in [0.29, 0.717) is 22.5 Å². The predicted octanol–water partition coefficient (Wildman–Crippen LogP) is 4.55. The number of carbonyl (C=O) groups excluding carboxylic acids is 1. The van der Waals surface area contributed by atoms with Crippen molar-refractivity contribution in [2.45, 2.75) is 13.8 Å². The second kappa shape index (κ2) is 6.72. The molecule has 0 saturated carbocycles. The highest BCUT2D eigenvalue weighted by Gasteiger charge is 2.17. The fourth-order valence-electron chi connectivity index (χ4n) is 1.91. The third-order valence-corrected chi connectivity index (χ3v) is 3.54. The first kappa shape index (κ1) is 15.5. The number of halogens is 2. The molecule has 0 aliphatic heterocycles. The van der Waals surface area contributed by atoms with Crippen LogP contribution in [-0.4, -0.2) is 12.5 Å². The fraction of sp³-hybridized carbons (Fsp3) is 0.188. The van der Waals surface area contributed by atoms with Crippen molar-refractivity contribution >= 4 is 27.5 Å². The van der Waals surface area contributed by atoms with Crippen molar-refractivity contribution < 1.29 is 13.9 Å². The van der Waals surface area contributed by atoms with Gasteiger partial charge in [0.05, 0.1) is 17.9 Å². The van der Waals surface area contributed by atoms with Gasteiger partial charge in [-0.3, -0.25) is 4.79 Å². The smallest absolute Gasteiger partial charge is 0.259 e. The third kappa shape index (κ3) is 3.61. The second-order valence-electron chi connectivity index (χ2n) is 4.48. The summed E-state index contributed by atoms with van der Waals surface area (Å²) < 4.78 is 19.7. The van der Waals surface area contributed by atoms with Gasteiger partial charge in [0.15, 0.2) is 0 Å². The van der Waals surface area contributed by atoms with Crippen molar-refractivity contribution in [2.75, 3.05) is 11.9 Å². The van der Waals surface area contributed by atoms with E-state index in [4.69, 9.17) is 4.74 Å². The molecule has 0 saturated heterocycles. The summed E-state index contributed by atoms with van der Waals surface area (Å²) in [6, 6.07) is 9.83. The minimum atomic E-state index is -0.577. The molecule has 0 bridgehead atoms. The second-order valence-corrected chi connectivity index (χ2v) is 5.34. The summed E-state index contributed by atoms with van der Waals surface area (Å²) in [6.45, 7) is 4.28. The summed E-state index contributed by atoms with van der Waals surface area (Å²) in [6.07, 6.45) is 0. The maximum Gasteiger partial charge on any atom is 0.259 e. The van der Waals surface area contributed by atoms with Crippen LogP contribution in [0, 0.1) is 12.7 Å². The molecule has 2 aromatic carbocycles. The highest BCUT2D eigenvalue weighted by molar-refractivity contribution is 9.10. The Bertz CT molecular complexity index is 653. The minimum absolute atomic E-state index is 0.0273. The monoisotopic (exact) mass is 351 g/mol. The number of anilines is 1. The standard InChI is InChI=1S/C16H15BrFNO2/c1-3-21-14-9-10(2)7-8-13(14)19-16(20)15-11(17)5-4-6-12(15)18/h4-9H,3H2,1-2H3,(H,19,20). The van der Waals surface area contributed by atoms with Crippen LogP contribution >= 0.6 is 15.9 Å². The lowest BCUT2D eigenvalue weighted by molar-refractivity contribution is 0.102. The van der Waals surface area contributed by atoms with E-state index < -0.39 is 11.7 Å². The molecule has 1 N–H and O–H groups in total. The summed E-state index contributed by atoms with van der Waals surface area (Å²) in [5, 5.41) is 2.69. The average Bonchev–Trinajstić information content (AvgIpc) is 2.42. The number of aryl methyl sites for hydroxylation is 1. The summed E-state index contributed by atoms with van der Waals surface area (Å²) >= 11 is 3.19. The van der Waals surface area contributed by atoms with Crippen LogP contribution in [0.25, 0.3) is 0 Å². The van der Waals surface area contributed by atoms with Crippen LogP contribution < -0.4 is 10.1 Å². The number of rotatable bonds is 4. The van der Waals surface area contributed by atoms with E-state index >= 15 is 0 Å². The van der Waals surface area contributed by atoms with E-state index in [1.165, 1.54) is 12.1 Å². The van der Waals surface area contributed by atoms with Crippen LogP contribution in [0.1, 0.15) is 22.8 Å². The van der Waals surface area contributed by atoms with Crippen molar-refractivity contribution in [3.63, 3.8) is 0 Å². The quantitative estimate of drug-likeness (QED) is 0.877. The molecule has 0 heterocycles. The lowest BCUT2D eigenvalue weighted by Gasteiger charge is -2.13. The van der Waals surface area contributed by atoms with Gasteiger partial charge in [0.2, 0.25) is 0 Å². The third-order valence-electron chi connectivity index (χ3n) is 2.87. The molecule has 5 heteroatoms. The van der Waals surface area contributed by atoms with E-state index in [2.05, 4.69) is 21.2 Å². The molecule has 21 heavy (non-hydrogen) atoms. The lowest BCUT2D eigenvalue weighted by Crippen LogP contribution is -2.15. The molecule has 3 nitrogen and oxygen atoms in total. The number of ether oxygens (including phenoxy) is 1. The van der Waals surface area contributed by atoms with E-state index in [9.17, 15) is 9.18 Å². The Morgan fingerprint density at radius 3 is 2.76 bits per heavy atom. The first-order valence-corrected chi connectivity index (χ1v) is 7.31. The first-order chi connectivity index (χ1) is 10.0. The number of hydrogen-bond acceptors (Lipinski definition) is 2. The van der Waals surface area contributed by atoms with Gasteiger partial charge in [-0.25, -0.2) is 4.39 Å². The molecule has 0 fully saturated rings. The summed E-state index contributed by atoms with van der Waals surface area (Å²) in [5.74, 6) is -0.532. The number of carbonyl (C=O) groups is 1. The van der Waals surface area contributed by atoms with Gasteiger partial charge >= 0.3 is 0 Å². The van der Waals surface area contributed by atoms with Crippen LogP contribution in [0.5, 0.6) is 5.75 Å². The zero-order valence-corrected chi connectivity index (χ0v) is 13.3. The Hall–Kier alpha value is -1.88. The molecule has 0 radical (unpaired) electrons. The van der Waals surface area contributed by atoms with Gasteiger partial charge in [0.25, 0.3) is 5.91 Å². The molecular formula is C16H15BrFNO2. The largest absolute Gasteiger partial charge is 0.492 e. The van der Waals surface area contributed by atoms with Gasteiger partial charge in [-0.2, -0.15) is 0 Å². The van der Waals surface area contributed by atoms with Crippen LogP contribution in [0.2, 0.25) is 0 Å². The maximum atomic E-state index is 13.8. The van der Waals surface area contributed by atoms with Crippen LogP contribution in [0.4, 0.5) is 10.1 Å². The van der Waals surface area contributed by atoms with Gasteiger partial charge in [0.1, 0.15) is 11.6 Å². The SMILES string of the molecule is CCOc1cc(C)ccc1NC(=O)c1c(F)cccc1Br. The van der Waals surface area contributed by atoms with Crippen molar-refractivity contribution in [3.8, 4) is 5.75 Å². The molecule has 2 rings (SSSR count). The molecule has 0 atom stereocenters. The Morgan fingerprint density at radius 1 is 1.33 bits per heavy atom. The van der Waals surface area contributed by atoms with E-state index in [1.807, 2.05) is 26.0 Å². The van der Waals surface area contributed by atoms with Crippen LogP contribution in [0.3, 0.4) is 0 Å². The molecular weight excluding hydrogens is 337 g/mol. The van der Waals surface area contributed by atoms with Crippen molar-refractivity contribution in [2.24, 2.45) is 0 Å². The molecule has 0 spiro atoms. The normalized spacial score (nSPS) is 10.3. The topological polar surface area (TPSA) is 38.3 Å². The van der Waals surface area contributed by atoms with E-state index in [-0.39, 0.29) is 5.56 Å². The van der Waals surface area contributed by atoms with Crippen LogP contribution in [-0.2, 0) is 0 Å². The molecule has 2 aromatic rings. The number of hydrogen-bond donors (Lipinski definition) is 1. The van der Waals surface area contributed by atoms with Gasteiger partial charge in [-0.1, -0.05) is 12.1 Å². The van der Waals surface area contributed by atoms with Crippen molar-refractivity contribution in [1.29, 1.82) is 0 Å². The highest BCUT2D eigenvalue weighted by atomic mass is 79.9. The average molecular weight is 352 g/mol. The molecule has 1 amide bonds. The molecule has 110 valence electrons. The molecule has 0 aromatic heterocycles. The highest BCUT2D eigenvalue weighted by Crippen LogP contribution is 2.28. The Labute approximate surface area is 131 Å². The maximum absolute atomic E-state index is 13.8. The lowest BCUT2D eigenvalue weighted by atomic mass is 10.1. The van der Waals surface area contributed by atoms with Gasteiger partial charge in [-0.15, -0.1) is 0 Å². The van der Waals surface area contributed by atoms with E-state index in [1.54, 1.807) is 12.1 Å². The molecule has 0 unspecified atom stereocenters. The Balaban J connectivity index is 2.32. The predicted molar refractivity (Wildman–Crippen MR) is 84.4 cm³/mol. The summed E-state index contributed by atoms with van der Waals surface area (Å²) in [7, 11) is 0. The van der Waals surface area contributed by atoms with Crippen molar-refractivity contribution in [1.82, 2.24) is 0 Å². The zero-order chi connectivity index (χ0) is 15.4. The zero-order valence-electron chi connectivity index (χ0n) is 11.7. The summed E-state index contributed by atoms with van der Waals surface area (Å²) in [5.41, 5.74) is 1.51. The number of benzene rings is 2. The van der Waals surface area contributed by atoms with Gasteiger partial charge in [0, 0.05) is 4.47 Å². The van der Waals surface area contributed by atoms with Gasteiger partial charge in [-0.05, 0) is 59.6 Å². The Morgan fingerprint density at radius 2 is 2.10 bits per heavy atom. The molecule has 0 aliphatic carbocycles. The van der Waals surface area contributed by atoms with Gasteiger partial charge < -0.3 is 10.1 Å². The van der Waals surface area contributed by atoms with E-state index in [0.717, 1.165) is 5.56 Å². The Kier molecular flexibility index (Phi) is 4.96. The number of nitrogens with one attached hydrogen (secondary N) is 1.